The number of methoxy groups -OCH3 is 1. The first-order chi connectivity index (χ1) is 12.1. The van der Waals surface area contributed by atoms with Crippen molar-refractivity contribution in [2.24, 2.45) is 5.92 Å². The molecule has 4 atom stereocenters. The number of quaternary nitrogens is 1. The van der Waals surface area contributed by atoms with E-state index in [4.69, 9.17) is 4.74 Å². The molecule has 3 aliphatic heterocycles. The zero-order chi connectivity index (χ0) is 17.3. The zero-order valence-corrected chi connectivity index (χ0v) is 14.6. The van der Waals surface area contributed by atoms with Gasteiger partial charge in [-0.3, -0.25) is 0 Å². The predicted octanol–water partition coefficient (Wildman–Crippen LogP) is 1.12. The second-order valence-corrected chi connectivity index (χ2v) is 7.62. The van der Waals surface area contributed by atoms with Gasteiger partial charge in [0.2, 0.25) is 0 Å². The first kappa shape index (κ1) is 15.0. The van der Waals surface area contributed by atoms with Crippen LogP contribution in [-0.2, 0) is 14.9 Å². The maximum atomic E-state index is 12.8. The van der Waals surface area contributed by atoms with Crippen LogP contribution in [0.3, 0.4) is 0 Å². The molecule has 5 heteroatoms. The number of benzene rings is 1. The van der Waals surface area contributed by atoms with E-state index in [0.29, 0.717) is 6.04 Å². The molecule has 4 aliphatic rings. The SMILES string of the molecule is C/C=C1/C[NH+]2CC[C@@]34C(=C(C(=O)OC)[C@@H]1C[C@@H]23)Nc1c(O)cccc14. The number of nitrogens with one attached hydrogen (secondary N) is 2. The maximum Gasteiger partial charge on any atom is 0.336 e. The quantitative estimate of drug-likeness (QED) is 0.408. The summed E-state index contributed by atoms with van der Waals surface area (Å²) in [5, 5.41) is 13.9. The number of carbonyl (C=O) groups is 1. The molecule has 5 rings (SSSR count). The van der Waals surface area contributed by atoms with Gasteiger partial charge >= 0.3 is 5.97 Å². The number of carbonyl (C=O) groups excluding carboxylic acids is 1. The van der Waals surface area contributed by atoms with Crippen LogP contribution in [0, 0.1) is 5.92 Å². The summed E-state index contributed by atoms with van der Waals surface area (Å²) in [5.74, 6) is 0.135. The van der Waals surface area contributed by atoms with Crippen LogP contribution in [0.15, 0.2) is 41.1 Å². The Morgan fingerprint density at radius 3 is 3.08 bits per heavy atom. The minimum atomic E-state index is -0.243. The number of esters is 1. The summed E-state index contributed by atoms with van der Waals surface area (Å²) in [6, 6.07) is 6.18. The number of piperidine rings is 1. The summed E-state index contributed by atoms with van der Waals surface area (Å²) in [6.07, 6.45) is 4.14. The minimum absolute atomic E-state index is 0.122. The number of rotatable bonds is 1. The molecule has 1 aromatic carbocycles. The Balaban J connectivity index is 1.83. The number of hydrogen-bond donors (Lipinski definition) is 3. The molecule has 2 fully saturated rings. The van der Waals surface area contributed by atoms with Crippen LogP contribution in [0.25, 0.3) is 0 Å². The molecule has 2 saturated heterocycles. The Kier molecular flexibility index (Phi) is 2.93. The van der Waals surface area contributed by atoms with Gasteiger partial charge in [0.15, 0.2) is 0 Å². The highest BCUT2D eigenvalue weighted by Gasteiger charge is 2.65. The lowest BCUT2D eigenvalue weighted by atomic mass is 9.62. The minimum Gasteiger partial charge on any atom is -0.506 e. The van der Waals surface area contributed by atoms with Crippen molar-refractivity contribution in [3.05, 3.63) is 46.7 Å². The molecule has 0 aromatic heterocycles. The summed E-state index contributed by atoms with van der Waals surface area (Å²) < 4.78 is 5.18. The van der Waals surface area contributed by atoms with Gasteiger partial charge in [-0.05, 0) is 24.1 Å². The van der Waals surface area contributed by atoms with Crippen molar-refractivity contribution >= 4 is 11.7 Å². The van der Waals surface area contributed by atoms with Gasteiger partial charge < -0.3 is 20.1 Å². The topological polar surface area (TPSA) is 63.0 Å². The van der Waals surface area contributed by atoms with E-state index in [1.807, 2.05) is 6.07 Å². The van der Waals surface area contributed by atoms with Gasteiger partial charge in [0.05, 0.1) is 36.9 Å². The normalized spacial score (nSPS) is 36.1. The summed E-state index contributed by atoms with van der Waals surface area (Å²) in [6.45, 7) is 4.15. The monoisotopic (exact) mass is 339 g/mol. The van der Waals surface area contributed by atoms with Crippen molar-refractivity contribution in [1.82, 2.24) is 0 Å². The lowest BCUT2D eigenvalue weighted by Gasteiger charge is -2.45. The van der Waals surface area contributed by atoms with Gasteiger partial charge in [-0.1, -0.05) is 18.2 Å². The third-order valence-corrected chi connectivity index (χ3v) is 6.89. The molecule has 3 N–H and O–H groups in total. The van der Waals surface area contributed by atoms with Crippen molar-refractivity contribution < 1.29 is 19.5 Å². The van der Waals surface area contributed by atoms with Crippen molar-refractivity contribution in [1.29, 1.82) is 0 Å². The van der Waals surface area contributed by atoms with E-state index in [-0.39, 0.29) is 23.1 Å². The van der Waals surface area contributed by atoms with Crippen molar-refractivity contribution in [3.8, 4) is 5.75 Å². The molecule has 2 bridgehead atoms. The average molecular weight is 339 g/mol. The molecule has 0 amide bonds. The van der Waals surface area contributed by atoms with Crippen LogP contribution in [0.2, 0.25) is 0 Å². The molecule has 25 heavy (non-hydrogen) atoms. The third kappa shape index (κ3) is 1.64. The largest absolute Gasteiger partial charge is 0.506 e. The molecule has 1 unspecified atom stereocenters. The molecule has 0 radical (unpaired) electrons. The van der Waals surface area contributed by atoms with E-state index in [2.05, 4.69) is 24.4 Å². The van der Waals surface area contributed by atoms with Crippen LogP contribution in [-0.4, -0.2) is 37.3 Å². The Hall–Kier alpha value is -2.27. The van der Waals surface area contributed by atoms with E-state index in [1.54, 1.807) is 11.0 Å². The van der Waals surface area contributed by atoms with Crippen LogP contribution in [0.1, 0.15) is 25.3 Å². The molecular weight excluding hydrogens is 316 g/mol. The van der Waals surface area contributed by atoms with E-state index in [0.717, 1.165) is 48.5 Å². The second kappa shape index (κ2) is 4.88. The summed E-state index contributed by atoms with van der Waals surface area (Å²) in [7, 11) is 1.46. The first-order valence-corrected chi connectivity index (χ1v) is 9.04. The van der Waals surface area contributed by atoms with E-state index in [9.17, 15) is 9.90 Å². The number of anilines is 1. The van der Waals surface area contributed by atoms with Gasteiger partial charge in [-0.2, -0.15) is 0 Å². The summed E-state index contributed by atoms with van der Waals surface area (Å²) in [5.41, 5.74) is 4.80. The average Bonchev–Trinajstić information content (AvgIpc) is 3.18. The fourth-order valence-corrected chi connectivity index (χ4v) is 5.89. The molecule has 0 saturated carbocycles. The van der Waals surface area contributed by atoms with Crippen molar-refractivity contribution in [2.45, 2.75) is 31.2 Å². The Labute approximate surface area is 147 Å². The lowest BCUT2D eigenvalue weighted by Crippen LogP contribution is -3.16. The van der Waals surface area contributed by atoms with Crippen molar-refractivity contribution in [3.63, 3.8) is 0 Å². The molecule has 130 valence electrons. The number of aromatic hydroxyl groups is 1. The number of fused-ring (bicyclic) bond motifs is 2. The fourth-order valence-electron chi connectivity index (χ4n) is 5.89. The number of phenols is 1. The number of hydrogen-bond acceptors (Lipinski definition) is 4. The Morgan fingerprint density at radius 2 is 2.32 bits per heavy atom. The summed E-state index contributed by atoms with van der Waals surface area (Å²) >= 11 is 0. The van der Waals surface area contributed by atoms with Crippen LogP contribution in [0.5, 0.6) is 5.75 Å². The third-order valence-electron chi connectivity index (χ3n) is 6.89. The van der Waals surface area contributed by atoms with Gasteiger partial charge in [0.1, 0.15) is 11.8 Å². The van der Waals surface area contributed by atoms with Crippen LogP contribution < -0.4 is 10.2 Å². The number of para-hydroxylation sites is 1. The number of ether oxygens (including phenoxy) is 1. The van der Waals surface area contributed by atoms with Gasteiger partial charge in [-0.15, -0.1) is 0 Å². The molecule has 1 aromatic rings. The fraction of sp³-hybridized carbons (Fsp3) is 0.450. The Bertz CT molecular complexity index is 856. The highest BCUT2D eigenvalue weighted by Crippen LogP contribution is 2.58. The first-order valence-electron chi connectivity index (χ1n) is 9.04. The van der Waals surface area contributed by atoms with Crippen LogP contribution in [0.4, 0.5) is 5.69 Å². The molecule has 1 spiro atoms. The van der Waals surface area contributed by atoms with Crippen LogP contribution >= 0.6 is 0 Å². The highest BCUT2D eigenvalue weighted by atomic mass is 16.5. The Morgan fingerprint density at radius 1 is 1.48 bits per heavy atom. The van der Waals surface area contributed by atoms with Gasteiger partial charge in [0, 0.05) is 24.5 Å². The highest BCUT2D eigenvalue weighted by molar-refractivity contribution is 5.94. The van der Waals surface area contributed by atoms with Gasteiger partial charge in [0.25, 0.3) is 0 Å². The molecular formula is C20H23N2O3+. The predicted molar refractivity (Wildman–Crippen MR) is 93.4 cm³/mol. The molecule has 1 aliphatic carbocycles. The smallest absolute Gasteiger partial charge is 0.336 e. The lowest BCUT2D eigenvalue weighted by molar-refractivity contribution is -0.914. The second-order valence-electron chi connectivity index (χ2n) is 7.62. The number of phenolic OH excluding ortho intramolecular Hbond substituents is 1. The summed E-state index contributed by atoms with van der Waals surface area (Å²) in [4.78, 5) is 14.4. The van der Waals surface area contributed by atoms with Gasteiger partial charge in [-0.25, -0.2) is 4.79 Å². The zero-order valence-electron chi connectivity index (χ0n) is 14.6. The molecule has 3 heterocycles. The maximum absolute atomic E-state index is 12.8. The van der Waals surface area contributed by atoms with Crippen molar-refractivity contribution in [2.75, 3.05) is 25.5 Å². The number of allylic oxidation sites excluding steroid dienone is 1. The standard InChI is InChI=1S/C20H22N2O3/c1-3-11-10-22-8-7-20-13-5-4-6-14(23)17(13)21-18(20)16(19(24)25-2)12(11)9-15(20)22/h3-6,12,15,21,23H,7-10H2,1-2H3/p+1/b11-3-/t12-,15-,20+/m1/s1. The van der Waals surface area contributed by atoms with E-state index >= 15 is 0 Å². The van der Waals surface area contributed by atoms with E-state index in [1.165, 1.54) is 12.7 Å². The van der Waals surface area contributed by atoms with E-state index < -0.39 is 0 Å². The molecule has 5 nitrogen and oxygen atoms in total.